The zero-order valence-electron chi connectivity index (χ0n) is 37.0. The van der Waals surface area contributed by atoms with Gasteiger partial charge in [-0.25, -0.2) is 0 Å². The highest BCUT2D eigenvalue weighted by Crippen LogP contribution is 2.17. The molecule has 0 saturated carbocycles. The first-order valence-electron chi connectivity index (χ1n) is 22.2. The molecule has 0 fully saturated rings. The molecule has 8 heteroatoms. The molecule has 6 nitrogen and oxygen atoms in total. The average Bonchev–Trinajstić information content (AvgIpc) is 3.06. The topological polar surface area (TPSA) is 52.6 Å². The maximum Gasteiger partial charge on any atom is 0.306 e. The van der Waals surface area contributed by atoms with Crippen LogP contribution in [-0.2, 0) is 19.1 Å². The van der Waals surface area contributed by atoms with Crippen LogP contribution in [0.2, 0.25) is 0 Å². The number of ether oxygens (including phenoxy) is 2. The summed E-state index contributed by atoms with van der Waals surface area (Å²) in [5.74, 6) is -0.341. The fraction of sp³-hybridized carbons (Fsp3) is 0.870. The number of esters is 2. The van der Waals surface area contributed by atoms with Crippen molar-refractivity contribution in [3.8, 4) is 0 Å². The zero-order valence-corrected chi connectivity index (χ0v) is 41.3. The Morgan fingerprint density at radius 3 is 0.907 bits per heavy atom. The molecule has 0 saturated heterocycles. The van der Waals surface area contributed by atoms with Gasteiger partial charge in [0.2, 0.25) is 0 Å². The SMILES string of the molecule is CCCCCCCC/C=C\CCCCCCCC(=O)OC(C[N+](C)(C)C)C(C[N+](C)(C)C)OC(=O)CCCCCCC/C=C\CCCCCCCC.[I-].[I-]. The van der Waals surface area contributed by atoms with Gasteiger partial charge in [0.25, 0.3) is 0 Å². The van der Waals surface area contributed by atoms with E-state index in [1.54, 1.807) is 0 Å². The highest BCUT2D eigenvalue weighted by molar-refractivity contribution is 5.70. The lowest BCUT2D eigenvalue weighted by molar-refractivity contribution is -0.882. The van der Waals surface area contributed by atoms with E-state index < -0.39 is 12.2 Å². The highest BCUT2D eigenvalue weighted by Gasteiger charge is 2.37. The lowest BCUT2D eigenvalue weighted by Gasteiger charge is -2.36. The maximum atomic E-state index is 13.1. The number of unbranched alkanes of at least 4 members (excludes halogenated alkanes) is 22. The summed E-state index contributed by atoms with van der Waals surface area (Å²) in [4.78, 5) is 26.1. The Labute approximate surface area is 371 Å². The van der Waals surface area contributed by atoms with E-state index in [4.69, 9.17) is 9.47 Å². The van der Waals surface area contributed by atoms with Gasteiger partial charge >= 0.3 is 11.9 Å². The Morgan fingerprint density at radius 1 is 0.407 bits per heavy atom. The van der Waals surface area contributed by atoms with Crippen molar-refractivity contribution >= 4 is 11.9 Å². The van der Waals surface area contributed by atoms with Crippen molar-refractivity contribution < 1.29 is 76.0 Å². The third-order valence-electron chi connectivity index (χ3n) is 9.72. The summed E-state index contributed by atoms with van der Waals surface area (Å²) in [5.41, 5.74) is 0. The molecule has 0 rings (SSSR count). The fourth-order valence-corrected chi connectivity index (χ4v) is 6.68. The minimum absolute atomic E-state index is 0. The van der Waals surface area contributed by atoms with Crippen molar-refractivity contribution in [1.82, 2.24) is 0 Å². The minimum atomic E-state index is -0.467. The molecule has 0 aliphatic carbocycles. The molecule has 54 heavy (non-hydrogen) atoms. The molecule has 2 unspecified atom stereocenters. The van der Waals surface area contributed by atoms with Crippen LogP contribution in [0.4, 0.5) is 0 Å². The molecule has 322 valence electrons. The molecule has 0 bridgehead atoms. The van der Waals surface area contributed by atoms with E-state index in [1.165, 1.54) is 116 Å². The lowest BCUT2D eigenvalue weighted by atomic mass is 10.1. The summed E-state index contributed by atoms with van der Waals surface area (Å²) in [6.45, 7) is 5.74. The number of quaternary nitrogens is 2. The van der Waals surface area contributed by atoms with E-state index in [9.17, 15) is 9.59 Å². The molecule has 0 aromatic heterocycles. The van der Waals surface area contributed by atoms with Gasteiger partial charge in [-0.1, -0.05) is 141 Å². The fourth-order valence-electron chi connectivity index (χ4n) is 6.68. The molecule has 0 amide bonds. The molecule has 2 atom stereocenters. The molecule has 0 spiro atoms. The van der Waals surface area contributed by atoms with Crippen molar-refractivity contribution in [2.24, 2.45) is 0 Å². The van der Waals surface area contributed by atoms with E-state index in [2.05, 4.69) is 80.4 Å². The van der Waals surface area contributed by atoms with Crippen molar-refractivity contribution in [3.63, 3.8) is 0 Å². The van der Waals surface area contributed by atoms with E-state index in [1.807, 2.05) is 0 Å². The van der Waals surface area contributed by atoms with Crippen LogP contribution in [-0.4, -0.2) is 88.5 Å². The monoisotopic (exact) mass is 988 g/mol. The summed E-state index contributed by atoms with van der Waals surface area (Å²) in [5, 5.41) is 0. The zero-order chi connectivity index (χ0) is 38.8. The van der Waals surface area contributed by atoms with Gasteiger partial charge in [-0.05, 0) is 64.2 Å². The summed E-state index contributed by atoms with van der Waals surface area (Å²) >= 11 is 0. The third kappa shape index (κ3) is 42.9. The predicted molar refractivity (Wildman–Crippen MR) is 224 cm³/mol. The second-order valence-electron chi connectivity index (χ2n) is 17.7. The number of likely N-dealkylation sites (N-methyl/N-ethyl adjacent to an activating group) is 2. The van der Waals surface area contributed by atoms with Gasteiger partial charge in [-0.2, -0.15) is 0 Å². The van der Waals surface area contributed by atoms with Gasteiger partial charge in [0.05, 0.1) is 42.3 Å². The second-order valence-corrected chi connectivity index (χ2v) is 17.7. The van der Waals surface area contributed by atoms with E-state index in [0.29, 0.717) is 34.9 Å². The Kier molecular flexibility index (Phi) is 42.6. The summed E-state index contributed by atoms with van der Waals surface area (Å²) in [6, 6.07) is 0. The molecule has 0 N–H and O–H groups in total. The predicted octanol–water partition coefficient (Wildman–Crippen LogP) is 6.31. The molecular formula is C46H90I2N2O4. The second kappa shape index (κ2) is 39.6. The van der Waals surface area contributed by atoms with Crippen molar-refractivity contribution in [1.29, 1.82) is 0 Å². The standard InChI is InChI=1S/C46H90N2O4.2HI/c1-9-11-13-15-17-19-21-23-25-27-29-31-33-35-37-39-45(49)51-43(41-47(3,4)5)44(42-48(6,7)8)52-46(50)40-38-36-34-32-30-28-26-24-22-20-18-16-14-12-10-2;;/h23-26,43-44H,9-22,27-42H2,1-8H3;2*1H/q+2;;/p-2/b25-23-,26-24-;;. The summed E-state index contributed by atoms with van der Waals surface area (Å²) in [7, 11) is 12.6. The molecule has 0 aliphatic rings. The molecule has 0 heterocycles. The van der Waals surface area contributed by atoms with Crippen LogP contribution < -0.4 is 48.0 Å². The van der Waals surface area contributed by atoms with Gasteiger partial charge in [-0.3, -0.25) is 9.59 Å². The first-order chi connectivity index (χ1) is 24.9. The largest absolute Gasteiger partial charge is 1.00 e. The maximum absolute atomic E-state index is 13.1. The van der Waals surface area contributed by atoms with E-state index in [0.717, 1.165) is 51.4 Å². The van der Waals surface area contributed by atoms with Gasteiger partial charge < -0.3 is 66.4 Å². The number of carbonyl (C=O) groups is 2. The van der Waals surface area contributed by atoms with E-state index in [-0.39, 0.29) is 59.9 Å². The number of halogens is 2. The number of hydrogen-bond donors (Lipinski definition) is 0. The quantitative estimate of drug-likeness (QED) is 0.0241. The minimum Gasteiger partial charge on any atom is -1.00 e. The van der Waals surface area contributed by atoms with Crippen LogP contribution in [0, 0.1) is 0 Å². The number of nitrogens with zero attached hydrogens (tertiary/aromatic N) is 2. The van der Waals surface area contributed by atoms with Crippen LogP contribution in [0.5, 0.6) is 0 Å². The molecule has 0 aromatic rings. The van der Waals surface area contributed by atoms with Crippen LogP contribution in [0.25, 0.3) is 0 Å². The average molecular weight is 989 g/mol. The summed E-state index contributed by atoms with van der Waals surface area (Å²) < 4.78 is 13.5. The van der Waals surface area contributed by atoms with Crippen LogP contribution >= 0.6 is 0 Å². The summed E-state index contributed by atoms with van der Waals surface area (Å²) in [6.07, 6.45) is 41.4. The normalized spacial score (nSPS) is 13.1. The van der Waals surface area contributed by atoms with Crippen molar-refractivity contribution in [2.45, 2.75) is 206 Å². The smallest absolute Gasteiger partial charge is 0.306 e. The highest BCUT2D eigenvalue weighted by atomic mass is 127. The number of carbonyl (C=O) groups excluding carboxylic acids is 2. The third-order valence-corrected chi connectivity index (χ3v) is 9.72. The number of allylic oxidation sites excluding steroid dienone is 4. The number of hydrogen-bond acceptors (Lipinski definition) is 4. The molecule has 0 aromatic carbocycles. The Balaban J connectivity index is -0.0000130. The number of rotatable bonds is 37. The van der Waals surface area contributed by atoms with Crippen molar-refractivity contribution in [3.05, 3.63) is 24.3 Å². The van der Waals surface area contributed by atoms with Crippen molar-refractivity contribution in [2.75, 3.05) is 55.4 Å². The Morgan fingerprint density at radius 2 is 0.648 bits per heavy atom. The first kappa shape index (κ1) is 58.1. The van der Waals surface area contributed by atoms with Crippen LogP contribution in [0.1, 0.15) is 194 Å². The van der Waals surface area contributed by atoms with Gasteiger partial charge in [0, 0.05) is 12.8 Å². The van der Waals surface area contributed by atoms with Crippen LogP contribution in [0.3, 0.4) is 0 Å². The van der Waals surface area contributed by atoms with Gasteiger partial charge in [0.1, 0.15) is 13.1 Å². The Bertz CT molecular complexity index is 826. The molecular weight excluding hydrogens is 898 g/mol. The van der Waals surface area contributed by atoms with Gasteiger partial charge in [0.15, 0.2) is 12.2 Å². The lowest BCUT2D eigenvalue weighted by Crippen LogP contribution is -3.00. The molecule has 0 radical (unpaired) electrons. The molecule has 0 aliphatic heterocycles. The van der Waals surface area contributed by atoms with Crippen LogP contribution in [0.15, 0.2) is 24.3 Å². The van der Waals surface area contributed by atoms with Gasteiger partial charge in [-0.15, -0.1) is 0 Å². The van der Waals surface area contributed by atoms with E-state index >= 15 is 0 Å². The first-order valence-corrected chi connectivity index (χ1v) is 22.2. The Hall–Kier alpha value is -0.200.